The number of phosphoric ester groups is 1. The smallest absolute Gasteiger partial charge is 0.306 e. The molecular weight excluding hydrogens is 916 g/mol. The van der Waals surface area contributed by atoms with Crippen molar-refractivity contribution in [3.8, 4) is 0 Å². The number of allylic oxidation sites excluding steroid dienone is 13. The van der Waals surface area contributed by atoms with Gasteiger partial charge < -0.3 is 28.5 Å². The molecule has 0 saturated heterocycles. The number of hydrogen-bond donors (Lipinski definition) is 1. The number of nitrogens with one attached hydrogen (secondary N) is 1. The van der Waals surface area contributed by atoms with Gasteiger partial charge in [0.15, 0.2) is 0 Å². The van der Waals surface area contributed by atoms with Crippen LogP contribution in [-0.2, 0) is 27.9 Å². The van der Waals surface area contributed by atoms with E-state index in [0.717, 1.165) is 96.3 Å². The van der Waals surface area contributed by atoms with Crippen molar-refractivity contribution in [3.05, 3.63) is 85.1 Å². The average Bonchev–Trinajstić information content (AvgIpc) is 3.34. The minimum absolute atomic E-state index is 0.0345. The van der Waals surface area contributed by atoms with Crippen molar-refractivity contribution in [3.63, 3.8) is 0 Å². The number of nitrogens with zero attached hydrogens (tertiary/aromatic N) is 1. The van der Waals surface area contributed by atoms with E-state index in [-0.39, 0.29) is 31.3 Å². The van der Waals surface area contributed by atoms with Crippen molar-refractivity contribution in [2.75, 3.05) is 40.9 Å². The number of likely N-dealkylation sites (N-methyl/N-ethyl adjacent to an activating group) is 1. The summed E-state index contributed by atoms with van der Waals surface area (Å²) in [5.41, 5.74) is 0. The first-order valence-corrected chi connectivity index (χ1v) is 30.9. The Kier molecular flexibility index (Phi) is 49.6. The zero-order chi connectivity index (χ0) is 52.9. The van der Waals surface area contributed by atoms with E-state index in [0.29, 0.717) is 23.9 Å². The molecule has 0 aliphatic heterocycles. The Morgan fingerprint density at radius 3 is 1.35 bits per heavy atom. The van der Waals surface area contributed by atoms with Crippen LogP contribution in [0.15, 0.2) is 85.1 Å². The lowest BCUT2D eigenvalue weighted by Crippen LogP contribution is -2.47. The quantitative estimate of drug-likeness (QED) is 0.0212. The predicted octanol–water partition coefficient (Wildman–Crippen LogP) is 17.2. The van der Waals surface area contributed by atoms with Crippen molar-refractivity contribution < 1.29 is 37.3 Å². The lowest BCUT2D eigenvalue weighted by atomic mass is 10.0. The maximum atomic E-state index is 13.5. The van der Waals surface area contributed by atoms with Gasteiger partial charge in [-0.3, -0.25) is 14.2 Å². The highest BCUT2D eigenvalue weighted by Gasteiger charge is 2.27. The van der Waals surface area contributed by atoms with Crippen LogP contribution in [0.5, 0.6) is 0 Å². The fourth-order valence-corrected chi connectivity index (χ4v) is 8.74. The standard InChI is InChI=1S/C62H111N2O7P/c1-7-10-13-16-19-22-25-28-30-31-32-33-34-36-39-42-45-48-51-54-61(65)63-59(58-70-72(67,68)69-57-56-64(4,5)6)60(53-50-47-44-41-38-35-27-24-21-18-15-12-9-3)71-62(66)55-52-49-46-43-40-37-29-26-23-20-17-14-11-8-2/h10,13,19,22,28,30,32-33,36-37,39-40,50,53,59-60H,7-9,11-12,14-18,20-21,23-27,29,31,34-35,38,41-49,51-52,54-58H2,1-6H3,(H-,63,65,67,68)/b13-10-,22-19-,30-28-,33-32-,39-36-,40-37-,53-50-. The Hall–Kier alpha value is -2.81. The second kappa shape index (κ2) is 51.7. The molecule has 0 heterocycles. The molecule has 0 aliphatic rings. The molecule has 0 aromatic carbocycles. The van der Waals surface area contributed by atoms with Gasteiger partial charge in [-0.25, -0.2) is 0 Å². The van der Waals surface area contributed by atoms with Crippen molar-refractivity contribution in [2.24, 2.45) is 0 Å². The summed E-state index contributed by atoms with van der Waals surface area (Å²) >= 11 is 0. The number of amides is 1. The molecule has 416 valence electrons. The highest BCUT2D eigenvalue weighted by molar-refractivity contribution is 7.45. The minimum atomic E-state index is -4.71. The second-order valence-electron chi connectivity index (χ2n) is 20.8. The first kappa shape index (κ1) is 69.2. The molecule has 72 heavy (non-hydrogen) atoms. The van der Waals surface area contributed by atoms with E-state index in [1.54, 1.807) is 0 Å². The summed E-state index contributed by atoms with van der Waals surface area (Å²) in [7, 11) is 1.15. The van der Waals surface area contributed by atoms with E-state index in [1.807, 2.05) is 33.3 Å². The van der Waals surface area contributed by atoms with Crippen molar-refractivity contribution in [1.82, 2.24) is 5.32 Å². The van der Waals surface area contributed by atoms with Gasteiger partial charge in [-0.2, -0.15) is 0 Å². The van der Waals surface area contributed by atoms with Gasteiger partial charge in [0.05, 0.1) is 33.8 Å². The van der Waals surface area contributed by atoms with E-state index >= 15 is 0 Å². The van der Waals surface area contributed by atoms with Gasteiger partial charge in [0, 0.05) is 12.8 Å². The first-order chi connectivity index (χ1) is 34.9. The summed E-state index contributed by atoms with van der Waals surface area (Å²) in [6, 6.07) is -0.915. The molecule has 0 fully saturated rings. The third-order valence-corrected chi connectivity index (χ3v) is 13.5. The summed E-state index contributed by atoms with van der Waals surface area (Å²) in [5, 5.41) is 3.00. The Morgan fingerprint density at radius 1 is 0.500 bits per heavy atom. The van der Waals surface area contributed by atoms with Crippen LogP contribution in [0.4, 0.5) is 0 Å². The van der Waals surface area contributed by atoms with Crippen molar-refractivity contribution in [2.45, 2.75) is 258 Å². The fraction of sp³-hybridized carbons (Fsp3) is 0.742. The molecule has 0 bridgehead atoms. The normalized spacial score (nSPS) is 14.4. The molecule has 9 nitrogen and oxygen atoms in total. The van der Waals surface area contributed by atoms with Gasteiger partial charge >= 0.3 is 5.97 Å². The van der Waals surface area contributed by atoms with Crippen LogP contribution in [0.3, 0.4) is 0 Å². The molecule has 1 N–H and O–H groups in total. The van der Waals surface area contributed by atoms with Crippen LogP contribution in [0.1, 0.15) is 245 Å². The molecular formula is C62H111N2O7P. The summed E-state index contributed by atoms with van der Waals surface area (Å²) in [6.45, 7) is 6.68. The minimum Gasteiger partial charge on any atom is -0.756 e. The molecule has 10 heteroatoms. The number of carbonyl (C=O) groups excluding carboxylic acids is 2. The van der Waals surface area contributed by atoms with Crippen LogP contribution >= 0.6 is 7.82 Å². The average molecular weight is 1030 g/mol. The molecule has 0 aromatic rings. The SMILES string of the molecule is CC/C=C\C/C=C\C/C=C\C/C=C\C/C=C\CCCCCC(=O)NC(COP(=O)([O-])OCC[N+](C)(C)C)C(/C=C\CCCCCCCCCCCCC)OC(=O)CCCCC/C=C\CCCCCCCCC. The summed E-state index contributed by atoms with van der Waals surface area (Å²) in [4.78, 5) is 39.9. The number of phosphoric acid groups is 1. The van der Waals surface area contributed by atoms with Crippen LogP contribution < -0.4 is 10.2 Å². The van der Waals surface area contributed by atoms with E-state index in [4.69, 9.17) is 13.8 Å². The maximum Gasteiger partial charge on any atom is 0.306 e. The molecule has 0 aliphatic carbocycles. The molecule has 1 amide bonds. The van der Waals surface area contributed by atoms with E-state index in [9.17, 15) is 19.0 Å². The summed E-state index contributed by atoms with van der Waals surface area (Å²) in [5.74, 6) is -0.599. The van der Waals surface area contributed by atoms with E-state index in [2.05, 4.69) is 99.0 Å². The highest BCUT2D eigenvalue weighted by atomic mass is 31.2. The van der Waals surface area contributed by atoms with Crippen molar-refractivity contribution >= 4 is 19.7 Å². The van der Waals surface area contributed by atoms with Crippen molar-refractivity contribution in [1.29, 1.82) is 0 Å². The number of esters is 1. The lowest BCUT2D eigenvalue weighted by Gasteiger charge is -2.30. The Morgan fingerprint density at radius 2 is 0.889 bits per heavy atom. The maximum absolute atomic E-state index is 13.5. The van der Waals surface area contributed by atoms with Gasteiger partial charge in [0.1, 0.15) is 19.3 Å². The molecule has 0 saturated carbocycles. The lowest BCUT2D eigenvalue weighted by molar-refractivity contribution is -0.870. The zero-order valence-electron chi connectivity index (χ0n) is 47.4. The van der Waals surface area contributed by atoms with Gasteiger partial charge in [0.2, 0.25) is 5.91 Å². The third-order valence-electron chi connectivity index (χ3n) is 12.6. The number of rotatable bonds is 52. The Balaban J connectivity index is 5.43. The Bertz CT molecular complexity index is 1510. The second-order valence-corrected chi connectivity index (χ2v) is 22.2. The van der Waals surface area contributed by atoms with E-state index < -0.39 is 26.6 Å². The van der Waals surface area contributed by atoms with Gasteiger partial charge in [0.25, 0.3) is 7.82 Å². The largest absolute Gasteiger partial charge is 0.756 e. The summed E-state index contributed by atoms with van der Waals surface area (Å²) in [6.07, 6.45) is 66.9. The van der Waals surface area contributed by atoms with Crippen LogP contribution in [0, 0.1) is 0 Å². The van der Waals surface area contributed by atoms with Gasteiger partial charge in [-0.15, -0.1) is 0 Å². The number of ether oxygens (including phenoxy) is 1. The molecule has 3 unspecified atom stereocenters. The molecule has 3 atom stereocenters. The van der Waals surface area contributed by atoms with Gasteiger partial charge in [-0.1, -0.05) is 215 Å². The van der Waals surface area contributed by atoms with Crippen LogP contribution in [0.25, 0.3) is 0 Å². The van der Waals surface area contributed by atoms with Gasteiger partial charge in [-0.05, 0) is 102 Å². The monoisotopic (exact) mass is 1030 g/mol. The van der Waals surface area contributed by atoms with Crippen LogP contribution in [0.2, 0.25) is 0 Å². The molecule has 0 spiro atoms. The number of hydrogen-bond acceptors (Lipinski definition) is 7. The van der Waals surface area contributed by atoms with E-state index in [1.165, 1.54) is 103 Å². The first-order valence-electron chi connectivity index (χ1n) is 29.4. The molecule has 0 radical (unpaired) electrons. The highest BCUT2D eigenvalue weighted by Crippen LogP contribution is 2.38. The number of carbonyl (C=O) groups is 2. The Labute approximate surface area is 444 Å². The predicted molar refractivity (Wildman–Crippen MR) is 307 cm³/mol. The third kappa shape index (κ3) is 52.1. The molecule has 0 aromatic heterocycles. The number of unbranched alkanes of at least 4 members (excludes halogenated alkanes) is 24. The summed E-state index contributed by atoms with van der Waals surface area (Å²) < 4.78 is 30.2. The van der Waals surface area contributed by atoms with Crippen LogP contribution in [-0.4, -0.2) is 69.4 Å². The topological polar surface area (TPSA) is 114 Å². The fourth-order valence-electron chi connectivity index (χ4n) is 8.01. The number of quaternary nitrogens is 1. The zero-order valence-corrected chi connectivity index (χ0v) is 48.3. The molecule has 0 rings (SSSR count).